The van der Waals surface area contributed by atoms with E-state index in [9.17, 15) is 14.0 Å². The van der Waals surface area contributed by atoms with Gasteiger partial charge in [-0.2, -0.15) is 0 Å². The van der Waals surface area contributed by atoms with E-state index >= 15 is 0 Å². The molecule has 2 aromatic heterocycles. The number of amides is 2. The first-order chi connectivity index (χ1) is 15.9. The van der Waals surface area contributed by atoms with Gasteiger partial charge in [0.2, 0.25) is 5.91 Å². The van der Waals surface area contributed by atoms with Crippen molar-refractivity contribution in [2.45, 2.75) is 13.8 Å². The number of nitrogens with zero attached hydrogens (tertiary/aromatic N) is 4. The normalized spacial score (nSPS) is 11.0. The minimum Gasteiger partial charge on any atom is -0.274 e. The topological polar surface area (TPSA) is 66.4 Å². The molecule has 0 saturated heterocycles. The van der Waals surface area contributed by atoms with Gasteiger partial charge in [-0.15, -0.1) is 22.7 Å². The number of aryl methyl sites for hydroxylation is 1. The average molecular weight is 479 g/mol. The van der Waals surface area contributed by atoms with Crippen molar-refractivity contribution in [1.29, 1.82) is 0 Å². The summed E-state index contributed by atoms with van der Waals surface area (Å²) in [5, 5.41) is 4.47. The Kier molecular flexibility index (Phi) is 6.71. The van der Waals surface area contributed by atoms with E-state index in [0.29, 0.717) is 21.6 Å². The number of rotatable bonds is 6. The van der Waals surface area contributed by atoms with Crippen LogP contribution in [0.5, 0.6) is 0 Å². The van der Waals surface area contributed by atoms with Crippen molar-refractivity contribution in [1.82, 2.24) is 9.97 Å². The van der Waals surface area contributed by atoms with E-state index in [4.69, 9.17) is 0 Å². The van der Waals surface area contributed by atoms with Crippen molar-refractivity contribution in [2.75, 3.05) is 9.80 Å². The summed E-state index contributed by atoms with van der Waals surface area (Å²) in [5.74, 6) is -1.18. The highest BCUT2D eigenvalue weighted by atomic mass is 32.1. The second-order valence-electron chi connectivity index (χ2n) is 6.97. The van der Waals surface area contributed by atoms with Crippen molar-refractivity contribution in [3.63, 3.8) is 0 Å². The Morgan fingerprint density at radius 2 is 1.58 bits per heavy atom. The molecule has 4 rings (SSSR count). The second-order valence-corrected chi connectivity index (χ2v) is 8.65. The molecule has 0 aliphatic carbocycles. The minimum atomic E-state index is -0.521. The van der Waals surface area contributed by atoms with Crippen LogP contribution in [0.25, 0.3) is 6.08 Å². The summed E-state index contributed by atoms with van der Waals surface area (Å²) in [5.41, 5.74) is 2.13. The predicted octanol–water partition coefficient (Wildman–Crippen LogP) is 6.11. The average Bonchev–Trinajstić information content (AvgIpc) is 3.44. The third-order valence-electron chi connectivity index (χ3n) is 4.54. The molecule has 6 nitrogen and oxygen atoms in total. The number of anilines is 4. The first kappa shape index (κ1) is 22.5. The predicted molar refractivity (Wildman–Crippen MR) is 131 cm³/mol. The maximum absolute atomic E-state index is 14.3. The van der Waals surface area contributed by atoms with Gasteiger partial charge >= 0.3 is 0 Å². The van der Waals surface area contributed by atoms with Gasteiger partial charge in [-0.1, -0.05) is 30.3 Å². The van der Waals surface area contributed by atoms with Gasteiger partial charge in [0.25, 0.3) is 5.91 Å². The number of benzene rings is 2. The molecule has 2 amide bonds. The van der Waals surface area contributed by atoms with Crippen LogP contribution in [0.3, 0.4) is 0 Å². The van der Waals surface area contributed by atoms with Gasteiger partial charge in [0.1, 0.15) is 5.82 Å². The summed E-state index contributed by atoms with van der Waals surface area (Å²) in [4.78, 5) is 36.9. The Bertz CT molecular complexity index is 1320. The Labute approximate surface area is 198 Å². The van der Waals surface area contributed by atoms with Gasteiger partial charge in [-0.05, 0) is 37.3 Å². The lowest BCUT2D eigenvalue weighted by Gasteiger charge is -2.18. The molecule has 0 saturated carbocycles. The Hall–Kier alpha value is -3.69. The maximum Gasteiger partial charge on any atom is 0.257 e. The van der Waals surface area contributed by atoms with E-state index in [1.165, 1.54) is 57.6 Å². The van der Waals surface area contributed by atoms with Crippen LogP contribution < -0.4 is 9.80 Å². The number of para-hydroxylation sites is 2. The zero-order valence-corrected chi connectivity index (χ0v) is 19.4. The lowest BCUT2D eigenvalue weighted by molar-refractivity contribution is -0.116. The first-order valence-corrected chi connectivity index (χ1v) is 11.7. The molecule has 0 aliphatic rings. The molecule has 0 N–H and O–H groups in total. The van der Waals surface area contributed by atoms with E-state index in [0.717, 1.165) is 5.69 Å². The monoisotopic (exact) mass is 478 g/mol. The van der Waals surface area contributed by atoms with E-state index in [1.807, 2.05) is 42.6 Å². The molecule has 0 atom stereocenters. The van der Waals surface area contributed by atoms with Crippen molar-refractivity contribution >= 4 is 62.2 Å². The van der Waals surface area contributed by atoms with Crippen LogP contribution in [0.15, 0.2) is 71.4 Å². The van der Waals surface area contributed by atoms with Crippen molar-refractivity contribution in [3.8, 4) is 0 Å². The van der Waals surface area contributed by atoms with Gasteiger partial charge in [0.15, 0.2) is 10.3 Å². The van der Waals surface area contributed by atoms with Gasteiger partial charge in [-0.3, -0.25) is 19.4 Å². The van der Waals surface area contributed by atoms with E-state index < -0.39 is 5.82 Å². The van der Waals surface area contributed by atoms with E-state index in [2.05, 4.69) is 9.97 Å². The van der Waals surface area contributed by atoms with Crippen molar-refractivity contribution in [2.24, 2.45) is 0 Å². The molecule has 4 aromatic rings. The fourth-order valence-electron chi connectivity index (χ4n) is 3.08. The summed E-state index contributed by atoms with van der Waals surface area (Å²) < 4.78 is 14.3. The Balaban J connectivity index is 1.60. The minimum absolute atomic E-state index is 0.125. The summed E-state index contributed by atoms with van der Waals surface area (Å²) in [7, 11) is 0. The van der Waals surface area contributed by atoms with Crippen LogP contribution in [0.4, 0.5) is 26.0 Å². The maximum atomic E-state index is 14.3. The zero-order valence-electron chi connectivity index (χ0n) is 17.8. The Morgan fingerprint density at radius 1 is 0.909 bits per heavy atom. The molecule has 0 radical (unpaired) electrons. The van der Waals surface area contributed by atoms with Crippen LogP contribution in [0.2, 0.25) is 0 Å². The number of hydrogen-bond donors (Lipinski definition) is 0. The number of carbonyl (C=O) groups is 2. The van der Waals surface area contributed by atoms with Crippen LogP contribution in [0.1, 0.15) is 18.3 Å². The van der Waals surface area contributed by atoms with E-state index in [1.54, 1.807) is 23.6 Å². The molecule has 0 unspecified atom stereocenters. The highest BCUT2D eigenvalue weighted by molar-refractivity contribution is 7.14. The van der Waals surface area contributed by atoms with Crippen molar-refractivity contribution < 1.29 is 14.0 Å². The largest absolute Gasteiger partial charge is 0.274 e. The number of hydrogen-bond acceptors (Lipinski definition) is 6. The van der Waals surface area contributed by atoms with Crippen LogP contribution in [-0.2, 0) is 9.59 Å². The Morgan fingerprint density at radius 3 is 2.24 bits per heavy atom. The third kappa shape index (κ3) is 5.05. The molecule has 9 heteroatoms. The fourth-order valence-corrected chi connectivity index (χ4v) is 4.75. The summed E-state index contributed by atoms with van der Waals surface area (Å²) in [6.07, 6.45) is 2.97. The summed E-state index contributed by atoms with van der Waals surface area (Å²) in [6, 6.07) is 15.3. The molecule has 2 aromatic carbocycles. The molecule has 0 fully saturated rings. The molecule has 0 aliphatic heterocycles. The van der Waals surface area contributed by atoms with Crippen LogP contribution >= 0.6 is 22.7 Å². The molecular weight excluding hydrogens is 459 g/mol. The smallest absolute Gasteiger partial charge is 0.257 e. The molecule has 166 valence electrons. The second kappa shape index (κ2) is 9.85. The highest BCUT2D eigenvalue weighted by Crippen LogP contribution is 2.32. The highest BCUT2D eigenvalue weighted by Gasteiger charge is 2.21. The summed E-state index contributed by atoms with van der Waals surface area (Å²) >= 11 is 2.57. The van der Waals surface area contributed by atoms with E-state index in [-0.39, 0.29) is 17.5 Å². The summed E-state index contributed by atoms with van der Waals surface area (Å²) in [6.45, 7) is 3.22. The number of carbonyl (C=O) groups excluding carboxylic acids is 2. The van der Waals surface area contributed by atoms with Gasteiger partial charge in [0.05, 0.1) is 22.8 Å². The number of aromatic nitrogens is 2. The zero-order chi connectivity index (χ0) is 23.4. The van der Waals surface area contributed by atoms with Gasteiger partial charge < -0.3 is 0 Å². The lowest BCUT2D eigenvalue weighted by atomic mass is 10.3. The lowest BCUT2D eigenvalue weighted by Crippen LogP contribution is -2.24. The number of halogens is 1. The standard InChI is InChI=1S/C24H19FN4O2S2/c1-16-14-32-23(26-16)29(19-8-4-3-5-9-19)22(31)13-12-18-15-33-24(27-18)28(17(2)30)21-11-7-6-10-20(21)25/h3-15H,1-2H3/b13-12+. The fraction of sp³-hybridized carbons (Fsp3) is 0.0833. The van der Waals surface area contributed by atoms with Gasteiger partial charge in [0, 0.05) is 23.8 Å². The first-order valence-electron chi connectivity index (χ1n) is 9.94. The molecule has 0 bridgehead atoms. The van der Waals surface area contributed by atoms with Crippen molar-refractivity contribution in [3.05, 3.63) is 88.6 Å². The van der Waals surface area contributed by atoms with Crippen LogP contribution in [0, 0.1) is 12.7 Å². The third-order valence-corrected chi connectivity index (χ3v) is 6.33. The van der Waals surface area contributed by atoms with Gasteiger partial charge in [-0.25, -0.2) is 14.4 Å². The quantitative estimate of drug-likeness (QED) is 0.314. The number of thiazole rings is 2. The molecule has 33 heavy (non-hydrogen) atoms. The van der Waals surface area contributed by atoms with Crippen LogP contribution in [-0.4, -0.2) is 21.8 Å². The SMILES string of the molecule is CC(=O)N(c1nc(/C=C/C(=O)N(c2ccccc2)c2nc(C)cs2)cs1)c1ccccc1F. The molecule has 2 heterocycles. The molecule has 0 spiro atoms. The molecular formula is C24H19FN4O2S2.